The standard InChI is InChI=1S/C6H7N3.C2H6/c1-2-5-6(3-1)9-8-4-7-5;1-2/h4H,1-3H2;1-2H3. The largest absolute Gasteiger partial charge is 0.238 e. The second-order valence-electron chi connectivity index (χ2n) is 2.21. The third kappa shape index (κ3) is 1.73. The van der Waals surface area contributed by atoms with Gasteiger partial charge in [0.25, 0.3) is 0 Å². The molecule has 0 spiro atoms. The molecule has 1 aliphatic rings. The molecule has 1 heterocycles. The SMILES string of the molecule is CC.c1nnc2c(n1)CCC2. The summed E-state index contributed by atoms with van der Waals surface area (Å²) in [6, 6.07) is 0. The highest BCUT2D eigenvalue weighted by atomic mass is 15.1. The highest BCUT2D eigenvalue weighted by Crippen LogP contribution is 2.14. The van der Waals surface area contributed by atoms with E-state index in [2.05, 4.69) is 15.2 Å². The van der Waals surface area contributed by atoms with Gasteiger partial charge in [0.05, 0.1) is 11.4 Å². The molecule has 1 aromatic rings. The van der Waals surface area contributed by atoms with E-state index in [-0.39, 0.29) is 0 Å². The van der Waals surface area contributed by atoms with Gasteiger partial charge in [-0.2, -0.15) is 5.10 Å². The Morgan fingerprint density at radius 1 is 1.18 bits per heavy atom. The summed E-state index contributed by atoms with van der Waals surface area (Å²) >= 11 is 0. The summed E-state index contributed by atoms with van der Waals surface area (Å²) < 4.78 is 0. The summed E-state index contributed by atoms with van der Waals surface area (Å²) in [6.07, 6.45) is 4.87. The van der Waals surface area contributed by atoms with Gasteiger partial charge in [0.2, 0.25) is 0 Å². The summed E-state index contributed by atoms with van der Waals surface area (Å²) in [5.74, 6) is 0. The molecular weight excluding hydrogens is 138 g/mol. The Kier molecular flexibility index (Phi) is 2.95. The Morgan fingerprint density at radius 3 is 2.64 bits per heavy atom. The van der Waals surface area contributed by atoms with Gasteiger partial charge in [0.1, 0.15) is 6.33 Å². The van der Waals surface area contributed by atoms with Crippen LogP contribution in [-0.2, 0) is 12.8 Å². The number of aromatic nitrogens is 3. The van der Waals surface area contributed by atoms with Gasteiger partial charge >= 0.3 is 0 Å². The highest BCUT2D eigenvalue weighted by molar-refractivity contribution is 5.13. The molecule has 3 nitrogen and oxygen atoms in total. The van der Waals surface area contributed by atoms with E-state index < -0.39 is 0 Å². The molecule has 0 fully saturated rings. The van der Waals surface area contributed by atoms with E-state index in [9.17, 15) is 0 Å². The lowest BCUT2D eigenvalue weighted by molar-refractivity contribution is 0.875. The van der Waals surface area contributed by atoms with Crippen LogP contribution in [0.3, 0.4) is 0 Å². The van der Waals surface area contributed by atoms with Crippen molar-refractivity contribution in [2.24, 2.45) is 0 Å². The van der Waals surface area contributed by atoms with Crippen LogP contribution in [0, 0.1) is 0 Å². The molecule has 0 atom stereocenters. The van der Waals surface area contributed by atoms with Crippen LogP contribution in [0.25, 0.3) is 0 Å². The first-order valence-corrected chi connectivity index (χ1v) is 4.12. The zero-order valence-electron chi connectivity index (χ0n) is 7.04. The fraction of sp³-hybridized carbons (Fsp3) is 0.625. The van der Waals surface area contributed by atoms with Crippen LogP contribution in [0.5, 0.6) is 0 Å². The first-order valence-electron chi connectivity index (χ1n) is 4.12. The van der Waals surface area contributed by atoms with Gasteiger partial charge in [-0.1, -0.05) is 13.8 Å². The average molecular weight is 151 g/mol. The fourth-order valence-corrected chi connectivity index (χ4v) is 1.15. The van der Waals surface area contributed by atoms with Crippen LogP contribution in [0.2, 0.25) is 0 Å². The van der Waals surface area contributed by atoms with E-state index in [0.717, 1.165) is 24.2 Å². The predicted octanol–water partition coefficient (Wildman–Crippen LogP) is 1.39. The molecule has 0 N–H and O–H groups in total. The van der Waals surface area contributed by atoms with Crippen LogP contribution in [0.15, 0.2) is 6.33 Å². The van der Waals surface area contributed by atoms with Gasteiger partial charge in [0, 0.05) is 0 Å². The van der Waals surface area contributed by atoms with Crippen LogP contribution >= 0.6 is 0 Å². The summed E-state index contributed by atoms with van der Waals surface area (Å²) in [7, 11) is 0. The molecular formula is C8H13N3. The van der Waals surface area contributed by atoms with Crippen molar-refractivity contribution in [2.45, 2.75) is 33.1 Å². The molecule has 0 amide bonds. The van der Waals surface area contributed by atoms with E-state index in [4.69, 9.17) is 0 Å². The highest BCUT2D eigenvalue weighted by Gasteiger charge is 2.11. The summed E-state index contributed by atoms with van der Waals surface area (Å²) in [5, 5.41) is 7.64. The van der Waals surface area contributed by atoms with Crippen LogP contribution < -0.4 is 0 Å². The molecule has 3 heteroatoms. The lowest BCUT2D eigenvalue weighted by atomic mass is 10.4. The zero-order valence-corrected chi connectivity index (χ0v) is 7.04. The summed E-state index contributed by atoms with van der Waals surface area (Å²) in [6.45, 7) is 4.00. The van der Waals surface area contributed by atoms with Crippen molar-refractivity contribution in [3.8, 4) is 0 Å². The monoisotopic (exact) mass is 151 g/mol. The molecule has 0 saturated carbocycles. The van der Waals surface area contributed by atoms with Gasteiger partial charge in [-0.05, 0) is 19.3 Å². The van der Waals surface area contributed by atoms with E-state index in [1.165, 1.54) is 12.7 Å². The van der Waals surface area contributed by atoms with E-state index >= 15 is 0 Å². The van der Waals surface area contributed by atoms with Gasteiger partial charge in [-0.25, -0.2) is 4.98 Å². The number of fused-ring (bicyclic) bond motifs is 1. The molecule has 0 aliphatic heterocycles. The van der Waals surface area contributed by atoms with Crippen LogP contribution in [-0.4, -0.2) is 15.2 Å². The molecule has 0 radical (unpaired) electrons. The second-order valence-corrected chi connectivity index (χ2v) is 2.21. The zero-order chi connectivity index (χ0) is 8.10. The number of nitrogens with zero attached hydrogens (tertiary/aromatic N) is 3. The van der Waals surface area contributed by atoms with Gasteiger partial charge in [0.15, 0.2) is 0 Å². The van der Waals surface area contributed by atoms with Crippen molar-refractivity contribution in [2.75, 3.05) is 0 Å². The maximum absolute atomic E-state index is 4.09. The Hall–Kier alpha value is -0.990. The molecule has 11 heavy (non-hydrogen) atoms. The van der Waals surface area contributed by atoms with Gasteiger partial charge in [-0.15, -0.1) is 5.10 Å². The topological polar surface area (TPSA) is 38.7 Å². The average Bonchev–Trinajstić information content (AvgIpc) is 2.55. The number of hydrogen-bond donors (Lipinski definition) is 0. The van der Waals surface area contributed by atoms with Crippen molar-refractivity contribution < 1.29 is 0 Å². The lowest BCUT2D eigenvalue weighted by Gasteiger charge is -1.89. The first kappa shape index (κ1) is 8.11. The predicted molar refractivity (Wildman–Crippen MR) is 43.2 cm³/mol. The van der Waals surface area contributed by atoms with Crippen molar-refractivity contribution in [1.29, 1.82) is 0 Å². The summed E-state index contributed by atoms with van der Waals surface area (Å²) in [5.41, 5.74) is 2.24. The molecule has 60 valence electrons. The van der Waals surface area contributed by atoms with E-state index in [0.29, 0.717) is 0 Å². The number of rotatable bonds is 0. The molecule has 2 rings (SSSR count). The van der Waals surface area contributed by atoms with Crippen LogP contribution in [0.4, 0.5) is 0 Å². The molecule has 1 aromatic heterocycles. The summed E-state index contributed by atoms with van der Waals surface area (Å²) in [4.78, 5) is 4.09. The number of aryl methyl sites for hydroxylation is 2. The molecule has 1 aliphatic carbocycles. The third-order valence-corrected chi connectivity index (χ3v) is 1.60. The fourth-order valence-electron chi connectivity index (χ4n) is 1.15. The maximum Gasteiger partial charge on any atom is 0.138 e. The second kappa shape index (κ2) is 4.01. The molecule has 0 unspecified atom stereocenters. The van der Waals surface area contributed by atoms with Crippen molar-refractivity contribution in [3.05, 3.63) is 17.7 Å². The molecule has 0 saturated heterocycles. The van der Waals surface area contributed by atoms with Crippen molar-refractivity contribution in [1.82, 2.24) is 15.2 Å². The van der Waals surface area contributed by atoms with Gasteiger partial charge < -0.3 is 0 Å². The Labute approximate surface area is 66.9 Å². The lowest BCUT2D eigenvalue weighted by Crippen LogP contribution is -1.93. The van der Waals surface area contributed by atoms with Crippen molar-refractivity contribution in [3.63, 3.8) is 0 Å². The smallest absolute Gasteiger partial charge is 0.138 e. The molecule has 0 aromatic carbocycles. The molecule has 0 bridgehead atoms. The van der Waals surface area contributed by atoms with Gasteiger partial charge in [-0.3, -0.25) is 0 Å². The van der Waals surface area contributed by atoms with Crippen molar-refractivity contribution >= 4 is 0 Å². The minimum absolute atomic E-state index is 1.07. The Morgan fingerprint density at radius 2 is 1.91 bits per heavy atom. The quantitative estimate of drug-likeness (QED) is 0.562. The van der Waals surface area contributed by atoms with E-state index in [1.54, 1.807) is 0 Å². The third-order valence-electron chi connectivity index (χ3n) is 1.60. The maximum atomic E-state index is 4.09. The number of hydrogen-bond acceptors (Lipinski definition) is 3. The minimum atomic E-state index is 1.07. The Bertz CT molecular complexity index is 199. The first-order chi connectivity index (χ1) is 5.47. The normalized spacial score (nSPS) is 13.3. The minimum Gasteiger partial charge on any atom is -0.238 e. The van der Waals surface area contributed by atoms with E-state index in [1.807, 2.05) is 13.8 Å². The van der Waals surface area contributed by atoms with Crippen LogP contribution in [0.1, 0.15) is 31.7 Å². The Balaban J connectivity index is 0.000000281.